The van der Waals surface area contributed by atoms with Crippen molar-refractivity contribution >= 4 is 17.6 Å². The van der Waals surface area contributed by atoms with Crippen molar-refractivity contribution in [1.29, 1.82) is 0 Å². The first kappa shape index (κ1) is 9.88. The third kappa shape index (κ3) is 2.69. The molecule has 0 bridgehead atoms. The summed E-state index contributed by atoms with van der Waals surface area (Å²) in [5, 5.41) is 3.34. The summed E-state index contributed by atoms with van der Waals surface area (Å²) in [6.45, 7) is 0.306. The van der Waals surface area contributed by atoms with Gasteiger partial charge in [-0.15, -0.1) is 0 Å². The number of rotatable bonds is 3. The van der Waals surface area contributed by atoms with E-state index in [1.807, 2.05) is 0 Å². The van der Waals surface area contributed by atoms with E-state index in [1.54, 1.807) is 24.4 Å². The van der Waals surface area contributed by atoms with Crippen LogP contribution in [0.15, 0.2) is 23.5 Å². The van der Waals surface area contributed by atoms with Crippen molar-refractivity contribution in [1.82, 2.24) is 4.98 Å². The summed E-state index contributed by atoms with van der Waals surface area (Å²) in [5.74, 6) is 0.317. The Kier molecular flexibility index (Phi) is 3.34. The van der Waals surface area contributed by atoms with Crippen LogP contribution in [0.25, 0.3) is 16.5 Å². The van der Waals surface area contributed by atoms with Crippen molar-refractivity contribution in [3.05, 3.63) is 34.3 Å². The molecule has 0 amide bonds. The highest BCUT2D eigenvalue weighted by atomic mass is 15.1. The van der Waals surface area contributed by atoms with Gasteiger partial charge in [0.25, 0.3) is 0 Å². The second-order valence-electron chi connectivity index (χ2n) is 2.56. The minimum absolute atomic E-state index is 0.306. The fourth-order valence-corrected chi connectivity index (χ4v) is 0.873. The number of aromatic nitrogens is 1. The molecule has 6 heteroatoms. The maximum absolute atomic E-state index is 8.02. The number of nitrogens with two attached hydrogens (primary N) is 2. The zero-order valence-corrected chi connectivity index (χ0v) is 7.46. The zero-order chi connectivity index (χ0) is 10.4. The fraction of sp³-hybridized carbons (Fsp3) is 0.125. The lowest BCUT2D eigenvalue weighted by Crippen LogP contribution is -1.97. The van der Waals surface area contributed by atoms with Gasteiger partial charge in [-0.2, -0.15) is 0 Å². The molecule has 0 fully saturated rings. The second kappa shape index (κ2) is 4.74. The van der Waals surface area contributed by atoms with Crippen LogP contribution in [-0.4, -0.2) is 11.5 Å². The Morgan fingerprint density at radius 3 is 3.00 bits per heavy atom. The molecule has 0 unspecified atom stereocenters. The Morgan fingerprint density at radius 1 is 1.57 bits per heavy atom. The SMILES string of the molecule is [N-]=[N+]=NCC=Cc1cnc(N)c(N)c1. The molecule has 0 aliphatic rings. The van der Waals surface area contributed by atoms with Gasteiger partial charge in [0, 0.05) is 17.7 Å². The van der Waals surface area contributed by atoms with Crippen LogP contribution in [0.3, 0.4) is 0 Å². The molecule has 1 heterocycles. The molecule has 0 atom stereocenters. The average Bonchev–Trinajstić information content (AvgIpc) is 2.18. The van der Waals surface area contributed by atoms with Gasteiger partial charge in [0.05, 0.1) is 5.69 Å². The number of nitrogens with zero attached hydrogens (tertiary/aromatic N) is 4. The van der Waals surface area contributed by atoms with E-state index in [1.165, 1.54) is 0 Å². The van der Waals surface area contributed by atoms with E-state index in [0.29, 0.717) is 18.1 Å². The summed E-state index contributed by atoms with van der Waals surface area (Å²) < 4.78 is 0. The van der Waals surface area contributed by atoms with E-state index >= 15 is 0 Å². The van der Waals surface area contributed by atoms with Crippen LogP contribution in [0, 0.1) is 0 Å². The third-order valence-electron chi connectivity index (χ3n) is 1.53. The van der Waals surface area contributed by atoms with Gasteiger partial charge in [-0.25, -0.2) is 4.98 Å². The Labute approximate surface area is 80.9 Å². The molecule has 72 valence electrons. The van der Waals surface area contributed by atoms with Crippen molar-refractivity contribution in [2.45, 2.75) is 0 Å². The topological polar surface area (TPSA) is 114 Å². The van der Waals surface area contributed by atoms with Gasteiger partial charge in [-0.05, 0) is 17.2 Å². The zero-order valence-electron chi connectivity index (χ0n) is 7.46. The Morgan fingerprint density at radius 2 is 2.36 bits per heavy atom. The number of nitrogen functional groups attached to an aromatic ring is 2. The second-order valence-corrected chi connectivity index (χ2v) is 2.56. The predicted octanol–water partition coefficient (Wildman–Crippen LogP) is 1.57. The third-order valence-corrected chi connectivity index (χ3v) is 1.53. The molecule has 0 saturated heterocycles. The minimum Gasteiger partial charge on any atom is -0.396 e. The Bertz CT molecular complexity index is 391. The summed E-state index contributed by atoms with van der Waals surface area (Å²) in [4.78, 5) is 6.49. The number of azide groups is 1. The van der Waals surface area contributed by atoms with Gasteiger partial charge in [-0.1, -0.05) is 17.3 Å². The first-order chi connectivity index (χ1) is 6.74. The van der Waals surface area contributed by atoms with Crippen LogP contribution in [0.5, 0.6) is 0 Å². The summed E-state index contributed by atoms with van der Waals surface area (Å²) in [5.41, 5.74) is 20.3. The van der Waals surface area contributed by atoms with Crippen LogP contribution < -0.4 is 11.5 Å². The number of pyridine rings is 1. The van der Waals surface area contributed by atoms with Crippen LogP contribution in [0.1, 0.15) is 5.56 Å². The molecular weight excluding hydrogens is 180 g/mol. The monoisotopic (exact) mass is 190 g/mol. The highest BCUT2D eigenvalue weighted by Crippen LogP contribution is 2.13. The van der Waals surface area contributed by atoms with Crippen molar-refractivity contribution in [3.8, 4) is 0 Å². The molecule has 0 spiro atoms. The lowest BCUT2D eigenvalue weighted by atomic mass is 10.2. The van der Waals surface area contributed by atoms with Crippen LogP contribution in [-0.2, 0) is 0 Å². The largest absolute Gasteiger partial charge is 0.396 e. The van der Waals surface area contributed by atoms with Crippen molar-refractivity contribution in [2.75, 3.05) is 18.0 Å². The van der Waals surface area contributed by atoms with Gasteiger partial charge < -0.3 is 11.5 Å². The molecule has 0 radical (unpaired) electrons. The summed E-state index contributed by atoms with van der Waals surface area (Å²) >= 11 is 0. The van der Waals surface area contributed by atoms with Crippen LogP contribution in [0.4, 0.5) is 11.5 Å². The standard InChI is InChI=1S/C8H10N6/c9-7-4-6(5-12-8(7)10)2-1-3-13-14-11/h1-2,4-5H,3,9H2,(H2,10,12). The first-order valence-corrected chi connectivity index (χ1v) is 3.92. The van der Waals surface area contributed by atoms with E-state index in [2.05, 4.69) is 15.0 Å². The lowest BCUT2D eigenvalue weighted by Gasteiger charge is -1.98. The first-order valence-electron chi connectivity index (χ1n) is 3.92. The molecule has 0 aliphatic heterocycles. The Hall–Kier alpha value is -2.20. The molecule has 0 aliphatic carbocycles. The van der Waals surface area contributed by atoms with Gasteiger partial charge in [0.1, 0.15) is 5.82 Å². The maximum Gasteiger partial charge on any atom is 0.146 e. The molecule has 14 heavy (non-hydrogen) atoms. The molecule has 1 aromatic heterocycles. The normalized spacial score (nSPS) is 10.0. The van der Waals surface area contributed by atoms with Gasteiger partial charge in [0.15, 0.2) is 0 Å². The summed E-state index contributed by atoms with van der Waals surface area (Å²) in [6, 6.07) is 1.70. The van der Waals surface area contributed by atoms with Crippen molar-refractivity contribution < 1.29 is 0 Å². The number of hydrogen-bond acceptors (Lipinski definition) is 4. The molecule has 0 aromatic carbocycles. The van der Waals surface area contributed by atoms with E-state index in [4.69, 9.17) is 17.0 Å². The molecule has 6 nitrogen and oxygen atoms in total. The van der Waals surface area contributed by atoms with Gasteiger partial charge in [0.2, 0.25) is 0 Å². The van der Waals surface area contributed by atoms with E-state index < -0.39 is 0 Å². The lowest BCUT2D eigenvalue weighted by molar-refractivity contribution is 1.22. The van der Waals surface area contributed by atoms with E-state index in [9.17, 15) is 0 Å². The number of hydrogen-bond donors (Lipinski definition) is 2. The maximum atomic E-state index is 8.02. The van der Waals surface area contributed by atoms with E-state index in [-0.39, 0.29) is 0 Å². The molecule has 1 aromatic rings. The summed E-state index contributed by atoms with van der Waals surface area (Å²) in [7, 11) is 0. The quantitative estimate of drug-likeness (QED) is 0.428. The predicted molar refractivity (Wildman–Crippen MR) is 56.1 cm³/mol. The minimum atomic E-state index is 0.306. The molecule has 4 N–H and O–H groups in total. The highest BCUT2D eigenvalue weighted by Gasteiger charge is 1.94. The Balaban J connectivity index is 2.72. The molecule has 0 saturated carbocycles. The van der Waals surface area contributed by atoms with E-state index in [0.717, 1.165) is 5.56 Å². The average molecular weight is 190 g/mol. The summed E-state index contributed by atoms with van der Waals surface area (Å²) in [6.07, 6.45) is 5.07. The fourth-order valence-electron chi connectivity index (χ4n) is 0.873. The smallest absolute Gasteiger partial charge is 0.146 e. The van der Waals surface area contributed by atoms with Crippen LogP contribution in [0.2, 0.25) is 0 Å². The highest BCUT2D eigenvalue weighted by molar-refractivity contribution is 5.63. The van der Waals surface area contributed by atoms with Crippen molar-refractivity contribution in [2.24, 2.45) is 5.11 Å². The van der Waals surface area contributed by atoms with Crippen LogP contribution >= 0.6 is 0 Å². The number of anilines is 2. The van der Waals surface area contributed by atoms with Gasteiger partial charge >= 0.3 is 0 Å². The van der Waals surface area contributed by atoms with Crippen molar-refractivity contribution in [3.63, 3.8) is 0 Å². The molecular formula is C8H10N6. The van der Waals surface area contributed by atoms with Gasteiger partial charge in [-0.3, -0.25) is 0 Å². The molecule has 1 rings (SSSR count).